The molecule has 1 aromatic heterocycles. The Morgan fingerprint density at radius 3 is 3.14 bits per heavy atom. The lowest BCUT2D eigenvalue weighted by molar-refractivity contribution is 0.0777. The Hall–Kier alpha value is -1.81. The number of H-pyrrole nitrogens is 1. The number of benzene rings is 1. The maximum atomic E-state index is 12.5. The fourth-order valence-electron chi connectivity index (χ4n) is 2.76. The van der Waals surface area contributed by atoms with Crippen LogP contribution in [0.5, 0.6) is 5.75 Å². The second-order valence-electron chi connectivity index (χ2n) is 5.52. The van der Waals surface area contributed by atoms with Crippen molar-refractivity contribution in [1.82, 2.24) is 4.98 Å². The van der Waals surface area contributed by atoms with Gasteiger partial charge in [-0.15, -0.1) is 0 Å². The van der Waals surface area contributed by atoms with Gasteiger partial charge in [-0.1, -0.05) is 6.92 Å². The number of Topliss-reactive ketones (excluding diaryl/α,β-unsaturated/α-hetero) is 1. The number of aromatic nitrogens is 1. The molecular weight excluding hydrogens is 266 g/mol. The first-order chi connectivity index (χ1) is 10.3. The van der Waals surface area contributed by atoms with Crippen LogP contribution in [0.15, 0.2) is 24.4 Å². The summed E-state index contributed by atoms with van der Waals surface area (Å²) in [6, 6.07) is 5.84. The van der Waals surface area contributed by atoms with Crippen LogP contribution in [0.1, 0.15) is 43.0 Å². The van der Waals surface area contributed by atoms with Crippen molar-refractivity contribution in [3.05, 3.63) is 30.0 Å². The lowest BCUT2D eigenvalue weighted by Crippen LogP contribution is -2.12. The summed E-state index contributed by atoms with van der Waals surface area (Å²) in [4.78, 5) is 15.6. The Morgan fingerprint density at radius 1 is 1.48 bits per heavy atom. The van der Waals surface area contributed by atoms with Crippen LogP contribution >= 0.6 is 0 Å². The van der Waals surface area contributed by atoms with Crippen LogP contribution < -0.4 is 4.74 Å². The molecule has 0 amide bonds. The molecule has 0 aliphatic carbocycles. The highest BCUT2D eigenvalue weighted by molar-refractivity contribution is 6.08. The van der Waals surface area contributed by atoms with Crippen molar-refractivity contribution in [3.63, 3.8) is 0 Å². The lowest BCUT2D eigenvalue weighted by atomic mass is 10.0. The summed E-state index contributed by atoms with van der Waals surface area (Å²) < 4.78 is 11.2. The van der Waals surface area contributed by atoms with Gasteiger partial charge >= 0.3 is 0 Å². The molecule has 1 atom stereocenters. The van der Waals surface area contributed by atoms with Gasteiger partial charge in [0.05, 0.1) is 12.7 Å². The molecule has 1 aromatic carbocycles. The third kappa shape index (κ3) is 3.10. The van der Waals surface area contributed by atoms with E-state index < -0.39 is 0 Å². The Bertz CT molecular complexity index is 626. The van der Waals surface area contributed by atoms with E-state index in [9.17, 15) is 4.79 Å². The van der Waals surface area contributed by atoms with E-state index in [0.717, 1.165) is 48.1 Å². The summed E-state index contributed by atoms with van der Waals surface area (Å²) in [5, 5.41) is 0.937. The first-order valence-electron chi connectivity index (χ1n) is 7.66. The molecule has 21 heavy (non-hydrogen) atoms. The highest BCUT2D eigenvalue weighted by Crippen LogP contribution is 2.26. The van der Waals surface area contributed by atoms with Gasteiger partial charge in [-0.3, -0.25) is 4.79 Å². The fourth-order valence-corrected chi connectivity index (χ4v) is 2.76. The van der Waals surface area contributed by atoms with E-state index in [-0.39, 0.29) is 11.9 Å². The monoisotopic (exact) mass is 287 g/mol. The average Bonchev–Trinajstić information content (AvgIpc) is 3.13. The molecule has 1 aliphatic heterocycles. The van der Waals surface area contributed by atoms with E-state index in [0.29, 0.717) is 13.0 Å². The maximum absolute atomic E-state index is 12.5. The number of hydrogen-bond donors (Lipinski definition) is 1. The van der Waals surface area contributed by atoms with Crippen LogP contribution in [0.3, 0.4) is 0 Å². The topological polar surface area (TPSA) is 51.3 Å². The van der Waals surface area contributed by atoms with Gasteiger partial charge in [-0.05, 0) is 37.5 Å². The molecule has 2 heterocycles. The van der Waals surface area contributed by atoms with Gasteiger partial charge in [0, 0.05) is 35.7 Å². The molecule has 4 heteroatoms. The summed E-state index contributed by atoms with van der Waals surface area (Å²) in [6.45, 7) is 3.54. The first-order valence-corrected chi connectivity index (χ1v) is 7.66. The molecule has 4 nitrogen and oxygen atoms in total. The molecule has 0 bridgehead atoms. The lowest BCUT2D eigenvalue weighted by Gasteiger charge is -2.08. The smallest absolute Gasteiger partial charge is 0.167 e. The highest BCUT2D eigenvalue weighted by Gasteiger charge is 2.21. The largest absolute Gasteiger partial charge is 0.494 e. The second kappa shape index (κ2) is 6.31. The third-order valence-electron chi connectivity index (χ3n) is 3.86. The minimum Gasteiger partial charge on any atom is -0.494 e. The first kappa shape index (κ1) is 14.1. The number of fused-ring (bicyclic) bond motifs is 1. The molecule has 0 saturated carbocycles. The molecule has 2 aromatic rings. The number of hydrogen-bond acceptors (Lipinski definition) is 3. The Morgan fingerprint density at radius 2 is 2.38 bits per heavy atom. The molecule has 1 saturated heterocycles. The van der Waals surface area contributed by atoms with Crippen molar-refractivity contribution < 1.29 is 14.3 Å². The molecule has 3 rings (SSSR count). The summed E-state index contributed by atoms with van der Waals surface area (Å²) in [6.07, 6.45) is 5.36. The zero-order valence-corrected chi connectivity index (χ0v) is 12.4. The number of carbonyl (C=O) groups is 1. The summed E-state index contributed by atoms with van der Waals surface area (Å²) >= 11 is 0. The Kier molecular flexibility index (Phi) is 4.25. The molecular formula is C17H21NO3. The van der Waals surface area contributed by atoms with E-state index in [1.165, 1.54) is 0 Å². The minimum atomic E-state index is 0.0852. The quantitative estimate of drug-likeness (QED) is 0.824. The van der Waals surface area contributed by atoms with Gasteiger partial charge in [-0.25, -0.2) is 0 Å². The second-order valence-corrected chi connectivity index (χ2v) is 5.52. The van der Waals surface area contributed by atoms with E-state index in [4.69, 9.17) is 9.47 Å². The summed E-state index contributed by atoms with van der Waals surface area (Å²) in [5.74, 6) is 0.955. The summed E-state index contributed by atoms with van der Waals surface area (Å²) in [5.41, 5.74) is 1.71. The predicted octanol–water partition coefficient (Wildman–Crippen LogP) is 3.71. The number of aromatic amines is 1. The van der Waals surface area contributed by atoms with E-state index in [1.54, 1.807) is 6.20 Å². The number of nitrogens with one attached hydrogen (secondary N) is 1. The fraction of sp³-hybridized carbons (Fsp3) is 0.471. The van der Waals surface area contributed by atoms with E-state index in [1.807, 2.05) is 18.2 Å². The molecule has 0 radical (unpaired) electrons. The number of ketones is 1. The average molecular weight is 287 g/mol. The molecule has 1 N–H and O–H groups in total. The van der Waals surface area contributed by atoms with Gasteiger partial charge in [0.2, 0.25) is 0 Å². The zero-order valence-electron chi connectivity index (χ0n) is 12.4. The van der Waals surface area contributed by atoms with Crippen molar-refractivity contribution in [2.45, 2.75) is 38.7 Å². The molecule has 1 aliphatic rings. The minimum absolute atomic E-state index is 0.0852. The van der Waals surface area contributed by atoms with Crippen LogP contribution in [0.4, 0.5) is 0 Å². The van der Waals surface area contributed by atoms with Crippen LogP contribution in [0, 0.1) is 0 Å². The SMILES string of the molecule is CCCOc1ccc2[nH]cc(C(=O)CC3CCCO3)c2c1. The maximum Gasteiger partial charge on any atom is 0.167 e. The van der Waals surface area contributed by atoms with Gasteiger partial charge in [0.15, 0.2) is 5.78 Å². The standard InChI is InChI=1S/C17H21NO3/c1-2-7-20-13-5-6-16-14(9-13)15(11-18-16)17(19)10-12-4-3-8-21-12/h5-6,9,11-12,18H,2-4,7-8,10H2,1H3. The third-order valence-corrected chi connectivity index (χ3v) is 3.86. The van der Waals surface area contributed by atoms with Crippen LogP contribution in [-0.4, -0.2) is 30.1 Å². The van der Waals surface area contributed by atoms with Gasteiger partial charge in [0.25, 0.3) is 0 Å². The molecule has 1 fully saturated rings. The number of rotatable bonds is 6. The molecule has 112 valence electrons. The number of carbonyl (C=O) groups excluding carboxylic acids is 1. The predicted molar refractivity (Wildman–Crippen MR) is 82.0 cm³/mol. The van der Waals surface area contributed by atoms with Crippen molar-refractivity contribution in [3.8, 4) is 5.75 Å². The van der Waals surface area contributed by atoms with Crippen molar-refractivity contribution >= 4 is 16.7 Å². The molecule has 0 spiro atoms. The molecule has 1 unspecified atom stereocenters. The van der Waals surface area contributed by atoms with Gasteiger partial charge in [-0.2, -0.15) is 0 Å². The number of ether oxygens (including phenoxy) is 2. The van der Waals surface area contributed by atoms with Crippen LogP contribution in [-0.2, 0) is 4.74 Å². The highest BCUT2D eigenvalue weighted by atomic mass is 16.5. The normalized spacial score (nSPS) is 18.2. The Balaban J connectivity index is 1.81. The Labute approximate surface area is 124 Å². The van der Waals surface area contributed by atoms with E-state index in [2.05, 4.69) is 11.9 Å². The van der Waals surface area contributed by atoms with Crippen molar-refractivity contribution in [1.29, 1.82) is 0 Å². The van der Waals surface area contributed by atoms with Crippen LogP contribution in [0.2, 0.25) is 0 Å². The van der Waals surface area contributed by atoms with Crippen molar-refractivity contribution in [2.24, 2.45) is 0 Å². The van der Waals surface area contributed by atoms with Gasteiger partial charge in [0.1, 0.15) is 5.75 Å². The van der Waals surface area contributed by atoms with Gasteiger partial charge < -0.3 is 14.5 Å². The van der Waals surface area contributed by atoms with Crippen LogP contribution in [0.25, 0.3) is 10.9 Å². The summed E-state index contributed by atoms with van der Waals surface area (Å²) in [7, 11) is 0. The van der Waals surface area contributed by atoms with E-state index >= 15 is 0 Å². The zero-order chi connectivity index (χ0) is 14.7. The van der Waals surface area contributed by atoms with Crippen molar-refractivity contribution in [2.75, 3.05) is 13.2 Å².